The van der Waals surface area contributed by atoms with Crippen LogP contribution in [0.1, 0.15) is 47.2 Å². The maximum absolute atomic E-state index is 12.8. The number of likely N-dealkylation sites (tertiary alicyclic amines) is 1. The fourth-order valence-corrected chi connectivity index (χ4v) is 4.47. The first-order valence-corrected chi connectivity index (χ1v) is 11.0. The summed E-state index contributed by atoms with van der Waals surface area (Å²) in [6.45, 7) is 7.18. The molecular weight excluding hydrogens is 404 g/mol. The van der Waals surface area contributed by atoms with Crippen molar-refractivity contribution in [3.05, 3.63) is 64.9 Å². The Balaban J connectivity index is 1.32. The molecule has 0 radical (unpaired) electrons. The maximum Gasteiger partial charge on any atom is 0.227 e. The minimum atomic E-state index is 0.130. The van der Waals surface area contributed by atoms with Crippen LogP contribution in [0.5, 0.6) is 0 Å². The third kappa shape index (κ3) is 3.66. The summed E-state index contributed by atoms with van der Waals surface area (Å²) >= 11 is 0. The number of fused-ring (bicyclic) bond motifs is 1. The van der Waals surface area contributed by atoms with Crippen molar-refractivity contribution in [3.8, 4) is 5.82 Å². The molecule has 1 fully saturated rings. The van der Waals surface area contributed by atoms with Crippen LogP contribution in [0.15, 0.2) is 41.1 Å². The van der Waals surface area contributed by atoms with E-state index in [1.807, 2.05) is 48.6 Å². The molecule has 1 aliphatic rings. The highest BCUT2D eigenvalue weighted by molar-refractivity contribution is 5.80. The number of aryl methyl sites for hydroxylation is 3. The normalized spacial score (nSPS) is 14.9. The largest absolute Gasteiger partial charge is 0.361 e. The molecule has 5 heterocycles. The molecule has 8 nitrogen and oxygen atoms in total. The zero-order valence-corrected chi connectivity index (χ0v) is 18.6. The summed E-state index contributed by atoms with van der Waals surface area (Å²) in [4.78, 5) is 24.2. The molecule has 1 amide bonds. The molecule has 4 aromatic rings. The van der Waals surface area contributed by atoms with Crippen LogP contribution < -0.4 is 0 Å². The van der Waals surface area contributed by atoms with Crippen molar-refractivity contribution in [1.82, 2.24) is 29.8 Å². The van der Waals surface area contributed by atoms with Gasteiger partial charge >= 0.3 is 0 Å². The molecule has 32 heavy (non-hydrogen) atoms. The Kier molecular flexibility index (Phi) is 5.20. The second-order valence-electron chi connectivity index (χ2n) is 8.43. The summed E-state index contributed by atoms with van der Waals surface area (Å²) in [5, 5.41) is 9.65. The fraction of sp³-hybridized carbons (Fsp3) is 0.375. The van der Waals surface area contributed by atoms with Crippen LogP contribution in [-0.4, -0.2) is 48.8 Å². The lowest BCUT2D eigenvalue weighted by Gasteiger charge is -2.32. The molecule has 4 aromatic heterocycles. The highest BCUT2D eigenvalue weighted by atomic mass is 16.5. The van der Waals surface area contributed by atoms with E-state index in [-0.39, 0.29) is 5.91 Å². The van der Waals surface area contributed by atoms with E-state index in [1.54, 1.807) is 6.20 Å². The number of hydrogen-bond acceptors (Lipinski definition) is 6. The Bertz CT molecular complexity index is 1250. The number of pyridine rings is 2. The van der Waals surface area contributed by atoms with Gasteiger partial charge in [0.2, 0.25) is 5.91 Å². The van der Waals surface area contributed by atoms with Crippen LogP contribution >= 0.6 is 0 Å². The number of carbonyl (C=O) groups is 1. The quantitative estimate of drug-likeness (QED) is 0.491. The predicted molar refractivity (Wildman–Crippen MR) is 120 cm³/mol. The van der Waals surface area contributed by atoms with Crippen LogP contribution in [0, 0.1) is 20.8 Å². The van der Waals surface area contributed by atoms with Crippen LogP contribution in [-0.2, 0) is 11.2 Å². The first kappa shape index (κ1) is 20.4. The third-order valence-corrected chi connectivity index (χ3v) is 6.38. The van der Waals surface area contributed by atoms with E-state index in [2.05, 4.69) is 27.4 Å². The summed E-state index contributed by atoms with van der Waals surface area (Å²) in [5.41, 5.74) is 4.51. The molecule has 0 aromatic carbocycles. The van der Waals surface area contributed by atoms with Crippen molar-refractivity contribution in [1.29, 1.82) is 0 Å². The van der Waals surface area contributed by atoms with E-state index >= 15 is 0 Å². The summed E-state index contributed by atoms with van der Waals surface area (Å²) in [6.07, 6.45) is 3.89. The predicted octanol–water partition coefficient (Wildman–Crippen LogP) is 3.68. The molecule has 8 heteroatoms. The molecule has 0 aliphatic carbocycles. The Morgan fingerprint density at radius 2 is 1.91 bits per heavy atom. The lowest BCUT2D eigenvalue weighted by atomic mass is 9.92. The van der Waals surface area contributed by atoms with Gasteiger partial charge in [0, 0.05) is 41.8 Å². The van der Waals surface area contributed by atoms with Gasteiger partial charge in [-0.15, -0.1) is 0 Å². The molecule has 1 aliphatic heterocycles. The van der Waals surface area contributed by atoms with Gasteiger partial charge in [-0.25, -0.2) is 9.97 Å². The highest BCUT2D eigenvalue weighted by Crippen LogP contribution is 2.30. The lowest BCUT2D eigenvalue weighted by Crippen LogP contribution is -2.39. The van der Waals surface area contributed by atoms with Gasteiger partial charge in [0.05, 0.1) is 17.8 Å². The second kappa shape index (κ2) is 8.18. The summed E-state index contributed by atoms with van der Waals surface area (Å²) in [5.74, 6) is 1.93. The van der Waals surface area contributed by atoms with E-state index in [0.717, 1.165) is 71.2 Å². The van der Waals surface area contributed by atoms with Gasteiger partial charge in [-0.2, -0.15) is 9.78 Å². The number of nitrogens with zero attached hydrogens (tertiary/aromatic N) is 6. The molecule has 0 spiro atoms. The number of piperidine rings is 1. The zero-order chi connectivity index (χ0) is 22.2. The van der Waals surface area contributed by atoms with Gasteiger partial charge in [-0.1, -0.05) is 11.2 Å². The zero-order valence-electron chi connectivity index (χ0n) is 18.6. The van der Waals surface area contributed by atoms with Gasteiger partial charge in [0.25, 0.3) is 0 Å². The fourth-order valence-electron chi connectivity index (χ4n) is 4.47. The van der Waals surface area contributed by atoms with E-state index in [1.165, 1.54) is 0 Å². The Morgan fingerprint density at radius 1 is 1.09 bits per heavy atom. The molecule has 1 saturated heterocycles. The molecule has 0 saturated carbocycles. The number of rotatable bonds is 4. The van der Waals surface area contributed by atoms with Crippen LogP contribution in [0.25, 0.3) is 16.9 Å². The first-order valence-electron chi connectivity index (χ1n) is 11.0. The molecule has 0 atom stereocenters. The Labute approximate surface area is 186 Å². The average molecular weight is 431 g/mol. The van der Waals surface area contributed by atoms with Gasteiger partial charge in [0.15, 0.2) is 11.5 Å². The van der Waals surface area contributed by atoms with Gasteiger partial charge in [0.1, 0.15) is 5.76 Å². The Hall–Kier alpha value is -3.55. The van der Waals surface area contributed by atoms with Gasteiger partial charge in [-0.3, -0.25) is 4.79 Å². The van der Waals surface area contributed by atoms with E-state index in [0.29, 0.717) is 12.3 Å². The molecule has 0 N–H and O–H groups in total. The third-order valence-electron chi connectivity index (χ3n) is 6.38. The molecule has 0 unspecified atom stereocenters. The minimum Gasteiger partial charge on any atom is -0.361 e. The van der Waals surface area contributed by atoms with Crippen molar-refractivity contribution in [2.24, 2.45) is 0 Å². The van der Waals surface area contributed by atoms with E-state index in [4.69, 9.17) is 9.51 Å². The second-order valence-corrected chi connectivity index (χ2v) is 8.43. The smallest absolute Gasteiger partial charge is 0.227 e. The summed E-state index contributed by atoms with van der Waals surface area (Å²) in [6, 6.07) is 9.98. The van der Waals surface area contributed by atoms with Crippen molar-refractivity contribution in [3.63, 3.8) is 0 Å². The SMILES string of the molecule is Cc1noc(C)c1CC(=O)N1CCC(c2ccc3c(C)nn(-c4ccccn4)c3n2)CC1. The van der Waals surface area contributed by atoms with Crippen molar-refractivity contribution < 1.29 is 9.32 Å². The summed E-state index contributed by atoms with van der Waals surface area (Å²) in [7, 11) is 0. The molecule has 164 valence electrons. The molecule has 0 bridgehead atoms. The standard InChI is InChI=1S/C24H26N6O2/c1-15-19-7-8-21(26-24(19)30(27-15)22-6-4-5-11-25-22)18-9-12-29(13-10-18)23(31)14-20-16(2)28-32-17(20)3/h4-8,11,18H,9-10,12-14H2,1-3H3. The number of hydrogen-bond donors (Lipinski definition) is 0. The van der Waals surface area contributed by atoms with Crippen LogP contribution in [0.2, 0.25) is 0 Å². The highest BCUT2D eigenvalue weighted by Gasteiger charge is 2.26. The lowest BCUT2D eigenvalue weighted by molar-refractivity contribution is -0.131. The van der Waals surface area contributed by atoms with E-state index < -0.39 is 0 Å². The average Bonchev–Trinajstić information content (AvgIpc) is 3.33. The topological polar surface area (TPSA) is 89.9 Å². The van der Waals surface area contributed by atoms with E-state index in [9.17, 15) is 4.79 Å². The monoisotopic (exact) mass is 430 g/mol. The maximum atomic E-state index is 12.8. The number of aromatic nitrogens is 5. The van der Waals surface area contributed by atoms with Crippen LogP contribution in [0.3, 0.4) is 0 Å². The van der Waals surface area contributed by atoms with Crippen molar-refractivity contribution in [2.75, 3.05) is 13.1 Å². The number of carbonyl (C=O) groups excluding carboxylic acids is 1. The van der Waals surface area contributed by atoms with Gasteiger partial charge < -0.3 is 9.42 Å². The minimum absolute atomic E-state index is 0.130. The van der Waals surface area contributed by atoms with Crippen molar-refractivity contribution >= 4 is 16.9 Å². The van der Waals surface area contributed by atoms with Crippen molar-refractivity contribution in [2.45, 2.75) is 46.0 Å². The molecular formula is C24H26N6O2. The van der Waals surface area contributed by atoms with Crippen LogP contribution in [0.4, 0.5) is 0 Å². The Morgan fingerprint density at radius 3 is 2.59 bits per heavy atom. The summed E-state index contributed by atoms with van der Waals surface area (Å²) < 4.78 is 7.01. The van der Waals surface area contributed by atoms with Gasteiger partial charge in [-0.05, 0) is 57.9 Å². The molecule has 5 rings (SSSR count). The number of amides is 1. The first-order chi connectivity index (χ1) is 15.5.